The molecule has 0 fully saturated rings. The molecule has 1 aromatic heterocycles. The summed E-state index contributed by atoms with van der Waals surface area (Å²) < 4.78 is 0.808. The highest BCUT2D eigenvalue weighted by atomic mass is 35.5. The summed E-state index contributed by atoms with van der Waals surface area (Å²) in [6, 6.07) is 7.43. The molecule has 0 saturated heterocycles. The van der Waals surface area contributed by atoms with E-state index in [1.807, 2.05) is 6.92 Å². The molecule has 10 heteroatoms. The second-order valence-corrected chi connectivity index (χ2v) is 10.00. The Morgan fingerprint density at radius 3 is 2.90 bits per heavy atom. The minimum atomic E-state index is -0.655. The first-order valence-electron chi connectivity index (χ1n) is 9.34. The van der Waals surface area contributed by atoms with Gasteiger partial charge in [0.2, 0.25) is 5.13 Å². The average molecular weight is 478 g/mol. The van der Waals surface area contributed by atoms with Gasteiger partial charge in [-0.15, -0.1) is 10.2 Å². The molecule has 1 aromatic carbocycles. The Kier molecular flexibility index (Phi) is 6.07. The average Bonchev–Trinajstić information content (AvgIpc) is 3.18. The second kappa shape index (κ2) is 8.60. The van der Waals surface area contributed by atoms with E-state index in [-0.39, 0.29) is 17.2 Å². The number of nitrogens with zero attached hydrogens (tertiary/aromatic N) is 4. The molecule has 0 spiro atoms. The molecule has 154 valence electrons. The summed E-state index contributed by atoms with van der Waals surface area (Å²) in [5, 5.41) is 19.7. The normalized spacial score (nSPS) is 19.2. The van der Waals surface area contributed by atoms with Crippen LogP contribution >= 0.6 is 46.3 Å². The maximum absolute atomic E-state index is 13.1. The number of ketones is 1. The fourth-order valence-electron chi connectivity index (χ4n) is 3.83. The van der Waals surface area contributed by atoms with Gasteiger partial charge in [-0.3, -0.25) is 9.69 Å². The molecule has 2 aliphatic rings. The SMILES string of the molecule is CCSc1nnc(N2C(N)=C(C#N)C(c3cccc(Cl)c3Cl)C3=C2CCCC3=O)s1. The number of benzene rings is 1. The van der Waals surface area contributed by atoms with Crippen molar-refractivity contribution in [3.8, 4) is 6.07 Å². The number of rotatable bonds is 4. The van der Waals surface area contributed by atoms with Crippen LogP contribution in [0, 0.1) is 11.3 Å². The van der Waals surface area contributed by atoms with Crippen LogP contribution in [-0.2, 0) is 4.79 Å². The zero-order valence-corrected chi connectivity index (χ0v) is 19.1. The lowest BCUT2D eigenvalue weighted by Gasteiger charge is -2.38. The Morgan fingerprint density at radius 2 is 2.17 bits per heavy atom. The number of halogens is 2. The first-order valence-corrected chi connectivity index (χ1v) is 11.9. The molecule has 0 amide bonds. The van der Waals surface area contributed by atoms with Gasteiger partial charge in [0.05, 0.1) is 27.6 Å². The van der Waals surface area contributed by atoms with E-state index < -0.39 is 5.92 Å². The number of carbonyl (C=O) groups excluding carboxylic acids is 1. The number of carbonyl (C=O) groups is 1. The van der Waals surface area contributed by atoms with Crippen molar-refractivity contribution in [2.45, 2.75) is 36.4 Å². The van der Waals surface area contributed by atoms with Gasteiger partial charge in [-0.25, -0.2) is 0 Å². The van der Waals surface area contributed by atoms with Gasteiger partial charge in [0, 0.05) is 17.7 Å². The lowest BCUT2D eigenvalue weighted by molar-refractivity contribution is -0.116. The molecule has 0 bridgehead atoms. The van der Waals surface area contributed by atoms with Crippen molar-refractivity contribution in [1.29, 1.82) is 5.26 Å². The predicted octanol–water partition coefficient (Wildman–Crippen LogP) is 5.26. The van der Waals surface area contributed by atoms with Crippen LogP contribution in [0.3, 0.4) is 0 Å². The van der Waals surface area contributed by atoms with Gasteiger partial charge in [0.1, 0.15) is 5.82 Å². The molecular formula is C20H17Cl2N5OS2. The monoisotopic (exact) mass is 477 g/mol. The maximum Gasteiger partial charge on any atom is 0.219 e. The largest absolute Gasteiger partial charge is 0.384 e. The Bertz CT molecular complexity index is 1130. The minimum Gasteiger partial charge on any atom is -0.384 e. The quantitative estimate of drug-likeness (QED) is 0.599. The van der Waals surface area contributed by atoms with Crippen LogP contribution < -0.4 is 10.6 Å². The molecule has 2 heterocycles. The van der Waals surface area contributed by atoms with E-state index in [1.165, 1.54) is 11.3 Å². The van der Waals surface area contributed by atoms with Crippen molar-refractivity contribution in [1.82, 2.24) is 10.2 Å². The zero-order chi connectivity index (χ0) is 21.4. The Morgan fingerprint density at radius 1 is 1.37 bits per heavy atom. The van der Waals surface area contributed by atoms with Crippen LogP contribution in [0.2, 0.25) is 10.0 Å². The molecule has 1 unspecified atom stereocenters. The molecule has 2 aromatic rings. The molecule has 4 rings (SSSR count). The molecule has 0 saturated carbocycles. The van der Waals surface area contributed by atoms with E-state index >= 15 is 0 Å². The van der Waals surface area contributed by atoms with Crippen LogP contribution in [0.4, 0.5) is 5.13 Å². The van der Waals surface area contributed by atoms with Crippen LogP contribution in [0.25, 0.3) is 0 Å². The number of hydrogen-bond acceptors (Lipinski definition) is 8. The third kappa shape index (κ3) is 3.50. The molecule has 6 nitrogen and oxygen atoms in total. The number of Topliss-reactive ketones (excluding diaryl/α,β-unsaturated/α-hetero) is 1. The standard InChI is InChI=1S/C20H17Cl2N5OS2/c1-2-29-20-26-25-19(30-20)27-13-7-4-8-14(28)16(13)15(11(9-23)18(27)24)10-5-3-6-12(21)17(10)22/h3,5-6,15H,2,4,7-8,24H2,1H3. The van der Waals surface area contributed by atoms with E-state index in [2.05, 4.69) is 16.3 Å². The van der Waals surface area contributed by atoms with Gasteiger partial charge in [0.15, 0.2) is 10.1 Å². The Hall–Kier alpha value is -2.05. The zero-order valence-electron chi connectivity index (χ0n) is 16.0. The smallest absolute Gasteiger partial charge is 0.219 e. The highest BCUT2D eigenvalue weighted by Crippen LogP contribution is 2.49. The van der Waals surface area contributed by atoms with Gasteiger partial charge in [-0.1, -0.05) is 65.4 Å². The summed E-state index contributed by atoms with van der Waals surface area (Å²) in [6.45, 7) is 2.04. The summed E-state index contributed by atoms with van der Waals surface area (Å²) >= 11 is 15.7. The lowest BCUT2D eigenvalue weighted by atomic mass is 9.76. The van der Waals surface area contributed by atoms with Crippen molar-refractivity contribution >= 4 is 57.2 Å². The van der Waals surface area contributed by atoms with Crippen LogP contribution in [0.1, 0.15) is 37.7 Å². The first kappa shape index (κ1) is 21.2. The number of anilines is 1. The highest BCUT2D eigenvalue weighted by Gasteiger charge is 2.42. The molecule has 1 aliphatic carbocycles. The van der Waals surface area contributed by atoms with Gasteiger partial charge >= 0.3 is 0 Å². The Balaban J connectivity index is 1.94. The molecule has 30 heavy (non-hydrogen) atoms. The second-order valence-electron chi connectivity index (χ2n) is 6.74. The van der Waals surface area contributed by atoms with E-state index in [4.69, 9.17) is 28.9 Å². The van der Waals surface area contributed by atoms with Crippen molar-refractivity contribution < 1.29 is 4.79 Å². The summed E-state index contributed by atoms with van der Waals surface area (Å²) in [4.78, 5) is 14.8. The number of thioether (sulfide) groups is 1. The van der Waals surface area contributed by atoms with Crippen molar-refractivity contribution in [2.24, 2.45) is 5.73 Å². The molecular weight excluding hydrogens is 461 g/mol. The van der Waals surface area contributed by atoms with Gasteiger partial charge in [-0.2, -0.15) is 5.26 Å². The van der Waals surface area contributed by atoms with Gasteiger partial charge < -0.3 is 5.73 Å². The summed E-state index contributed by atoms with van der Waals surface area (Å²) in [6.07, 6.45) is 1.76. The number of hydrogen-bond donors (Lipinski definition) is 1. The number of allylic oxidation sites excluding steroid dienone is 3. The summed E-state index contributed by atoms with van der Waals surface area (Å²) in [7, 11) is 0. The van der Waals surface area contributed by atoms with Crippen molar-refractivity contribution in [2.75, 3.05) is 10.7 Å². The number of nitriles is 1. The third-order valence-corrected chi connectivity index (χ3v) is 7.82. The van der Waals surface area contributed by atoms with E-state index in [9.17, 15) is 10.1 Å². The third-order valence-electron chi connectivity index (χ3n) is 5.06. The molecule has 1 aliphatic heterocycles. The van der Waals surface area contributed by atoms with E-state index in [1.54, 1.807) is 34.9 Å². The van der Waals surface area contributed by atoms with Gasteiger partial charge in [0.25, 0.3) is 0 Å². The maximum atomic E-state index is 13.1. The summed E-state index contributed by atoms with van der Waals surface area (Å²) in [5.74, 6) is 0.439. The van der Waals surface area contributed by atoms with Crippen molar-refractivity contribution in [3.63, 3.8) is 0 Å². The molecule has 0 radical (unpaired) electrons. The number of aromatic nitrogens is 2. The molecule has 2 N–H and O–H groups in total. The predicted molar refractivity (Wildman–Crippen MR) is 121 cm³/mol. The first-order chi connectivity index (χ1) is 14.5. The topological polar surface area (TPSA) is 95.9 Å². The fraction of sp³-hybridized carbons (Fsp3) is 0.300. The van der Waals surface area contributed by atoms with Crippen LogP contribution in [0.15, 0.2) is 45.2 Å². The number of nitrogens with two attached hydrogens (primary N) is 1. The van der Waals surface area contributed by atoms with Crippen LogP contribution in [0.5, 0.6) is 0 Å². The highest BCUT2D eigenvalue weighted by molar-refractivity contribution is 8.01. The fourth-order valence-corrected chi connectivity index (χ4v) is 6.03. The lowest BCUT2D eigenvalue weighted by Crippen LogP contribution is -2.38. The minimum absolute atomic E-state index is 0.0183. The van der Waals surface area contributed by atoms with Gasteiger partial charge in [-0.05, 0) is 30.2 Å². The summed E-state index contributed by atoms with van der Waals surface area (Å²) in [5.41, 5.74) is 8.67. The van der Waals surface area contributed by atoms with Crippen LogP contribution in [-0.4, -0.2) is 21.7 Å². The Labute approximate surface area is 192 Å². The van der Waals surface area contributed by atoms with E-state index in [0.29, 0.717) is 45.6 Å². The van der Waals surface area contributed by atoms with E-state index in [0.717, 1.165) is 15.8 Å². The molecule has 1 atom stereocenters. The van der Waals surface area contributed by atoms with Crippen molar-refractivity contribution in [3.05, 3.63) is 56.5 Å².